The number of nitrogens with one attached hydrogen (secondary N) is 1. The van der Waals surface area contributed by atoms with Gasteiger partial charge in [-0.25, -0.2) is 9.78 Å². The van der Waals surface area contributed by atoms with Gasteiger partial charge in [0.2, 0.25) is 5.88 Å². The quantitative estimate of drug-likeness (QED) is 0.243. The van der Waals surface area contributed by atoms with Gasteiger partial charge in [-0.3, -0.25) is 4.55 Å². The van der Waals surface area contributed by atoms with Crippen LogP contribution in [0.3, 0.4) is 0 Å². The summed E-state index contributed by atoms with van der Waals surface area (Å²) in [5, 5.41) is 14.6. The molecular weight excluding hydrogens is 466 g/mol. The van der Waals surface area contributed by atoms with Crippen molar-refractivity contribution in [3.05, 3.63) is 59.5 Å². The van der Waals surface area contributed by atoms with E-state index in [0.29, 0.717) is 22.6 Å². The van der Waals surface area contributed by atoms with E-state index in [2.05, 4.69) is 10.3 Å². The molecule has 0 saturated heterocycles. The number of esters is 1. The van der Waals surface area contributed by atoms with E-state index >= 15 is 0 Å². The van der Waals surface area contributed by atoms with Crippen LogP contribution in [0.5, 0.6) is 5.88 Å². The molecule has 1 atom stereocenters. The number of aromatic hydroxyl groups is 1. The van der Waals surface area contributed by atoms with Crippen molar-refractivity contribution in [2.24, 2.45) is 5.73 Å². The zero-order chi connectivity index (χ0) is 24.2. The normalized spacial score (nSPS) is 12.1. The van der Waals surface area contributed by atoms with Crippen LogP contribution in [0.1, 0.15) is 16.6 Å². The molecule has 33 heavy (non-hydrogen) atoms. The first-order valence-corrected chi connectivity index (χ1v) is 12.0. The van der Waals surface area contributed by atoms with Crippen molar-refractivity contribution in [3.63, 3.8) is 0 Å². The van der Waals surface area contributed by atoms with Gasteiger partial charge in [0, 0.05) is 34.1 Å². The molecule has 5 N–H and O–H groups in total. The molecule has 4 aromatic rings. The maximum Gasteiger partial charge on any atom is 0.350 e. The number of anilines is 1. The van der Waals surface area contributed by atoms with Gasteiger partial charge in [-0.1, -0.05) is 18.2 Å². The number of nitrogens with zero attached hydrogens (tertiary/aromatic N) is 1. The second-order valence-electron chi connectivity index (χ2n) is 7.12. The highest BCUT2D eigenvalue weighted by Gasteiger charge is 2.21. The second kappa shape index (κ2) is 10.1. The van der Waals surface area contributed by atoms with E-state index in [-0.39, 0.29) is 16.8 Å². The fraction of sp³-hybridized carbons (Fsp3) is 0.182. The van der Waals surface area contributed by atoms with E-state index in [9.17, 15) is 18.3 Å². The molecule has 2 heterocycles. The van der Waals surface area contributed by atoms with Crippen LogP contribution >= 0.6 is 11.3 Å². The van der Waals surface area contributed by atoms with Crippen LogP contribution in [0, 0.1) is 0 Å². The zero-order valence-corrected chi connectivity index (χ0v) is 19.5. The minimum absolute atomic E-state index is 0.0367. The molecule has 174 valence electrons. The molecule has 0 aliphatic carbocycles. The summed E-state index contributed by atoms with van der Waals surface area (Å²) in [5.41, 5.74) is 7.19. The number of pyridine rings is 1. The average molecular weight is 490 g/mol. The molecule has 0 aliphatic heterocycles. The number of ether oxygens (including phenoxy) is 1. The SMILES string of the molecule is COC(=O)c1sc2ccc3nc(O)ccc3c2c1NCC(C)N.O=S(=O)(O)c1ccccc1. The molecule has 0 radical (unpaired) electrons. The van der Waals surface area contributed by atoms with Crippen molar-refractivity contribution in [1.29, 1.82) is 0 Å². The second-order valence-corrected chi connectivity index (χ2v) is 9.59. The zero-order valence-electron chi connectivity index (χ0n) is 17.8. The van der Waals surface area contributed by atoms with Crippen molar-refractivity contribution in [3.8, 4) is 5.88 Å². The summed E-state index contributed by atoms with van der Waals surface area (Å²) in [6, 6.07) is 14.4. The number of nitrogens with two attached hydrogens (primary N) is 1. The lowest BCUT2D eigenvalue weighted by molar-refractivity contribution is 0.0607. The minimum atomic E-state index is -4.00. The summed E-state index contributed by atoms with van der Waals surface area (Å²) >= 11 is 1.36. The number of aromatic nitrogens is 1. The fourth-order valence-corrected chi connectivity index (χ4v) is 4.67. The van der Waals surface area contributed by atoms with Gasteiger partial charge in [-0.05, 0) is 37.3 Å². The highest BCUT2D eigenvalue weighted by molar-refractivity contribution is 7.85. The summed E-state index contributed by atoms with van der Waals surface area (Å²) < 4.78 is 35.1. The number of fused-ring (bicyclic) bond motifs is 3. The van der Waals surface area contributed by atoms with E-state index in [0.717, 1.165) is 15.5 Å². The fourth-order valence-electron chi connectivity index (χ4n) is 3.05. The average Bonchev–Trinajstić information content (AvgIpc) is 3.16. The summed E-state index contributed by atoms with van der Waals surface area (Å²) in [5.74, 6) is -0.427. The number of carbonyl (C=O) groups is 1. The minimum Gasteiger partial charge on any atom is -0.493 e. The van der Waals surface area contributed by atoms with E-state index < -0.39 is 16.1 Å². The Morgan fingerprint density at radius 3 is 2.45 bits per heavy atom. The molecule has 0 spiro atoms. The first-order valence-electron chi connectivity index (χ1n) is 9.77. The topological polar surface area (TPSA) is 152 Å². The van der Waals surface area contributed by atoms with Crippen molar-refractivity contribution >= 4 is 54.1 Å². The summed E-state index contributed by atoms with van der Waals surface area (Å²) in [4.78, 5) is 16.7. The maximum absolute atomic E-state index is 12.1. The Morgan fingerprint density at radius 2 is 1.88 bits per heavy atom. The third kappa shape index (κ3) is 5.76. The van der Waals surface area contributed by atoms with Gasteiger partial charge in [-0.15, -0.1) is 11.3 Å². The first kappa shape index (κ1) is 24.4. The summed E-state index contributed by atoms with van der Waals surface area (Å²) in [7, 11) is -2.64. The maximum atomic E-state index is 12.1. The monoisotopic (exact) mass is 489 g/mol. The van der Waals surface area contributed by atoms with Crippen LogP contribution < -0.4 is 11.1 Å². The van der Waals surface area contributed by atoms with Crippen LogP contribution in [0.25, 0.3) is 21.0 Å². The smallest absolute Gasteiger partial charge is 0.350 e. The van der Waals surface area contributed by atoms with E-state index in [1.54, 1.807) is 24.3 Å². The Kier molecular flexibility index (Phi) is 7.49. The first-order chi connectivity index (χ1) is 15.6. The Labute approximate surface area is 194 Å². The van der Waals surface area contributed by atoms with E-state index in [1.165, 1.54) is 36.6 Å². The van der Waals surface area contributed by atoms with Crippen LogP contribution in [0.15, 0.2) is 59.5 Å². The predicted molar refractivity (Wildman–Crippen MR) is 129 cm³/mol. The Balaban J connectivity index is 0.000000257. The summed E-state index contributed by atoms with van der Waals surface area (Å²) in [6.45, 7) is 2.41. The van der Waals surface area contributed by atoms with Gasteiger partial charge in [0.1, 0.15) is 4.88 Å². The number of methoxy groups -OCH3 is 1. The van der Waals surface area contributed by atoms with Gasteiger partial charge in [0.05, 0.1) is 23.2 Å². The highest BCUT2D eigenvalue weighted by atomic mass is 32.2. The molecule has 2 aromatic heterocycles. The van der Waals surface area contributed by atoms with Crippen LogP contribution in [0.4, 0.5) is 5.69 Å². The molecule has 0 fully saturated rings. The predicted octanol–water partition coefficient (Wildman–Crippen LogP) is 3.63. The molecule has 0 bridgehead atoms. The van der Waals surface area contributed by atoms with Crippen molar-refractivity contribution in [2.75, 3.05) is 19.0 Å². The van der Waals surface area contributed by atoms with Gasteiger partial charge >= 0.3 is 5.97 Å². The number of carbonyl (C=O) groups excluding carboxylic acids is 1. The third-order valence-corrected chi connectivity index (χ3v) is 6.52. The van der Waals surface area contributed by atoms with Crippen molar-refractivity contribution in [1.82, 2.24) is 4.98 Å². The number of benzene rings is 2. The van der Waals surface area contributed by atoms with Crippen molar-refractivity contribution < 1.29 is 27.6 Å². The van der Waals surface area contributed by atoms with E-state index in [4.69, 9.17) is 15.0 Å². The largest absolute Gasteiger partial charge is 0.493 e. The van der Waals surface area contributed by atoms with Crippen LogP contribution in [-0.2, 0) is 14.9 Å². The number of rotatable bonds is 5. The van der Waals surface area contributed by atoms with Crippen LogP contribution in [0.2, 0.25) is 0 Å². The Hall–Kier alpha value is -3.25. The highest BCUT2D eigenvalue weighted by Crippen LogP contribution is 2.40. The lowest BCUT2D eigenvalue weighted by Crippen LogP contribution is -2.25. The molecule has 0 aliphatic rings. The lowest BCUT2D eigenvalue weighted by atomic mass is 10.1. The Morgan fingerprint density at radius 1 is 1.18 bits per heavy atom. The number of hydrogen-bond donors (Lipinski definition) is 4. The van der Waals surface area contributed by atoms with Gasteiger partial charge in [0.25, 0.3) is 10.1 Å². The molecule has 2 aromatic carbocycles. The molecule has 1 unspecified atom stereocenters. The van der Waals surface area contributed by atoms with Crippen LogP contribution in [-0.4, -0.2) is 48.7 Å². The van der Waals surface area contributed by atoms with Crippen molar-refractivity contribution in [2.45, 2.75) is 17.9 Å². The molecule has 0 amide bonds. The standard InChI is InChI=1S/C16H17N3O3S.C6H6O3S/c1-8(17)7-18-14-13-9-3-6-12(20)19-10(9)4-5-11(13)23-15(14)16(21)22-2;7-10(8,9)6-4-2-1-3-5-6/h3-6,8,18H,7,17H2,1-2H3,(H,19,20);1-5H,(H,7,8,9). The van der Waals surface area contributed by atoms with Gasteiger partial charge < -0.3 is 20.9 Å². The third-order valence-electron chi connectivity index (χ3n) is 4.52. The molecule has 0 saturated carbocycles. The molecule has 9 nitrogen and oxygen atoms in total. The number of hydrogen-bond acceptors (Lipinski definition) is 9. The van der Waals surface area contributed by atoms with Gasteiger partial charge in [-0.2, -0.15) is 8.42 Å². The number of thiophene rings is 1. The molecular formula is C22H23N3O6S2. The molecule has 4 rings (SSSR count). The van der Waals surface area contributed by atoms with E-state index in [1.807, 2.05) is 19.1 Å². The van der Waals surface area contributed by atoms with Gasteiger partial charge in [0.15, 0.2) is 0 Å². The lowest BCUT2D eigenvalue weighted by Gasteiger charge is -2.11. The molecule has 11 heteroatoms. The summed E-state index contributed by atoms with van der Waals surface area (Å²) in [6.07, 6.45) is 0. The Bertz CT molecular complexity index is 1390.